The molecule has 1 aliphatic rings. The van der Waals surface area contributed by atoms with Crippen LogP contribution in [0.1, 0.15) is 36.5 Å². The first-order chi connectivity index (χ1) is 9.75. The summed E-state index contributed by atoms with van der Waals surface area (Å²) in [6.45, 7) is 3.29. The molecule has 0 bridgehead atoms. The van der Waals surface area contributed by atoms with E-state index in [-0.39, 0.29) is 6.10 Å². The molecule has 0 aromatic heterocycles. The highest BCUT2D eigenvalue weighted by molar-refractivity contribution is 5.90. The van der Waals surface area contributed by atoms with E-state index in [9.17, 15) is 5.11 Å². The molecule has 0 amide bonds. The molecule has 0 spiro atoms. The Hall–Kier alpha value is -1.38. The Balaban J connectivity index is 1.98. The van der Waals surface area contributed by atoms with Gasteiger partial charge in [-0.05, 0) is 60.1 Å². The van der Waals surface area contributed by atoms with Gasteiger partial charge in [0.05, 0.1) is 6.10 Å². The molecule has 1 unspecified atom stereocenters. The fraction of sp³-hybridized carbons (Fsp3) is 0.444. The third kappa shape index (κ3) is 2.72. The second-order valence-electron chi connectivity index (χ2n) is 5.91. The van der Waals surface area contributed by atoms with E-state index in [2.05, 4.69) is 35.6 Å². The Morgan fingerprint density at radius 1 is 1.15 bits per heavy atom. The number of hydrogen-bond acceptors (Lipinski definition) is 2. The van der Waals surface area contributed by atoms with Crippen molar-refractivity contribution in [2.24, 2.45) is 0 Å². The number of fused-ring (bicyclic) bond motifs is 3. The predicted molar refractivity (Wildman–Crippen MR) is 84.0 cm³/mol. The van der Waals surface area contributed by atoms with Crippen LogP contribution in [-0.2, 0) is 19.4 Å². The van der Waals surface area contributed by atoms with Gasteiger partial charge in [0, 0.05) is 13.1 Å². The second kappa shape index (κ2) is 5.94. The molecule has 2 nitrogen and oxygen atoms in total. The number of aliphatic hydroxyl groups excluding tert-OH is 1. The van der Waals surface area contributed by atoms with Gasteiger partial charge in [0.2, 0.25) is 0 Å². The van der Waals surface area contributed by atoms with E-state index in [1.165, 1.54) is 47.6 Å². The average Bonchev–Trinajstić information content (AvgIpc) is 2.47. The van der Waals surface area contributed by atoms with Crippen LogP contribution in [-0.4, -0.2) is 17.8 Å². The highest BCUT2D eigenvalue weighted by Crippen LogP contribution is 2.31. The van der Waals surface area contributed by atoms with Gasteiger partial charge in [-0.2, -0.15) is 0 Å². The average molecular weight is 269 g/mol. The first-order valence-corrected chi connectivity index (χ1v) is 7.67. The minimum Gasteiger partial charge on any atom is -0.392 e. The summed E-state index contributed by atoms with van der Waals surface area (Å²) >= 11 is 0. The zero-order chi connectivity index (χ0) is 13.9. The highest BCUT2D eigenvalue weighted by atomic mass is 16.3. The van der Waals surface area contributed by atoms with Gasteiger partial charge in [0.25, 0.3) is 0 Å². The molecular formula is C18H23NO. The molecule has 3 rings (SSSR count). The first kappa shape index (κ1) is 13.6. The van der Waals surface area contributed by atoms with Gasteiger partial charge < -0.3 is 10.4 Å². The SMILES string of the molecule is CC(O)CNCc1cc2c(c3ccccc13)CCCC2. The summed E-state index contributed by atoms with van der Waals surface area (Å²) in [5.74, 6) is 0. The Kier molecular flexibility index (Phi) is 4.04. The number of rotatable bonds is 4. The van der Waals surface area contributed by atoms with Crippen molar-refractivity contribution in [2.75, 3.05) is 6.54 Å². The number of hydrogen-bond donors (Lipinski definition) is 2. The van der Waals surface area contributed by atoms with Gasteiger partial charge in [-0.3, -0.25) is 0 Å². The highest BCUT2D eigenvalue weighted by Gasteiger charge is 2.14. The molecule has 20 heavy (non-hydrogen) atoms. The Morgan fingerprint density at radius 3 is 2.70 bits per heavy atom. The summed E-state index contributed by atoms with van der Waals surface area (Å²) in [4.78, 5) is 0. The van der Waals surface area contributed by atoms with E-state index >= 15 is 0 Å². The van der Waals surface area contributed by atoms with Crippen LogP contribution in [0.5, 0.6) is 0 Å². The standard InChI is InChI=1S/C18H23NO/c1-13(20)11-19-12-15-10-14-6-2-3-7-16(14)18-9-5-4-8-17(15)18/h4-5,8-10,13,19-20H,2-3,6-7,11-12H2,1H3. The van der Waals surface area contributed by atoms with Gasteiger partial charge in [-0.1, -0.05) is 30.3 Å². The Labute approximate surface area is 120 Å². The van der Waals surface area contributed by atoms with Gasteiger partial charge in [0.15, 0.2) is 0 Å². The number of benzene rings is 2. The lowest BCUT2D eigenvalue weighted by molar-refractivity contribution is 0.191. The van der Waals surface area contributed by atoms with Crippen LogP contribution in [0.25, 0.3) is 10.8 Å². The number of nitrogens with one attached hydrogen (secondary N) is 1. The topological polar surface area (TPSA) is 32.3 Å². The summed E-state index contributed by atoms with van der Waals surface area (Å²) in [7, 11) is 0. The van der Waals surface area contributed by atoms with E-state index in [4.69, 9.17) is 0 Å². The molecule has 2 heteroatoms. The molecule has 1 atom stereocenters. The van der Waals surface area contributed by atoms with E-state index in [1.54, 1.807) is 5.56 Å². The molecule has 0 saturated heterocycles. The van der Waals surface area contributed by atoms with Gasteiger partial charge in [0.1, 0.15) is 0 Å². The van der Waals surface area contributed by atoms with Gasteiger partial charge in [-0.25, -0.2) is 0 Å². The first-order valence-electron chi connectivity index (χ1n) is 7.67. The van der Waals surface area contributed by atoms with E-state index in [0.29, 0.717) is 6.54 Å². The molecule has 1 aliphatic carbocycles. The fourth-order valence-electron chi connectivity index (χ4n) is 3.27. The molecule has 0 heterocycles. The summed E-state index contributed by atoms with van der Waals surface area (Å²) < 4.78 is 0. The van der Waals surface area contributed by atoms with E-state index < -0.39 is 0 Å². The van der Waals surface area contributed by atoms with E-state index in [0.717, 1.165) is 6.54 Å². The van der Waals surface area contributed by atoms with Crippen LogP contribution in [0.2, 0.25) is 0 Å². The normalized spacial score (nSPS) is 16.1. The van der Waals surface area contributed by atoms with Crippen LogP contribution >= 0.6 is 0 Å². The minimum absolute atomic E-state index is 0.293. The smallest absolute Gasteiger partial charge is 0.0636 e. The zero-order valence-corrected chi connectivity index (χ0v) is 12.2. The summed E-state index contributed by atoms with van der Waals surface area (Å²) in [5, 5.41) is 15.5. The van der Waals surface area contributed by atoms with Crippen molar-refractivity contribution in [1.29, 1.82) is 0 Å². The lowest BCUT2D eigenvalue weighted by atomic mass is 9.85. The molecule has 0 fully saturated rings. The van der Waals surface area contributed by atoms with Crippen LogP contribution in [0.4, 0.5) is 0 Å². The predicted octanol–water partition coefficient (Wildman–Crippen LogP) is 3.19. The summed E-state index contributed by atoms with van der Waals surface area (Å²) in [6.07, 6.45) is 4.77. The van der Waals surface area contributed by atoms with Crippen molar-refractivity contribution < 1.29 is 5.11 Å². The maximum absolute atomic E-state index is 9.37. The van der Waals surface area contributed by atoms with Crippen molar-refractivity contribution in [3.8, 4) is 0 Å². The monoisotopic (exact) mass is 269 g/mol. The molecule has 106 valence electrons. The largest absolute Gasteiger partial charge is 0.392 e. The van der Waals surface area contributed by atoms with Crippen molar-refractivity contribution in [3.63, 3.8) is 0 Å². The minimum atomic E-state index is -0.293. The van der Waals surface area contributed by atoms with Crippen LogP contribution < -0.4 is 5.32 Å². The maximum Gasteiger partial charge on any atom is 0.0636 e. The van der Waals surface area contributed by atoms with Crippen molar-refractivity contribution in [3.05, 3.63) is 47.0 Å². The van der Waals surface area contributed by atoms with E-state index in [1.807, 2.05) is 6.92 Å². The zero-order valence-electron chi connectivity index (χ0n) is 12.2. The Morgan fingerprint density at radius 2 is 1.90 bits per heavy atom. The second-order valence-corrected chi connectivity index (χ2v) is 5.91. The molecule has 2 aromatic carbocycles. The van der Waals surface area contributed by atoms with Gasteiger partial charge >= 0.3 is 0 Å². The molecular weight excluding hydrogens is 246 g/mol. The number of aliphatic hydroxyl groups is 1. The molecule has 2 aromatic rings. The molecule has 0 radical (unpaired) electrons. The fourth-order valence-corrected chi connectivity index (χ4v) is 3.27. The third-order valence-corrected chi connectivity index (χ3v) is 4.21. The molecule has 0 aliphatic heterocycles. The molecule has 2 N–H and O–H groups in total. The Bertz CT molecular complexity index is 604. The maximum atomic E-state index is 9.37. The molecule has 0 saturated carbocycles. The van der Waals surface area contributed by atoms with Crippen LogP contribution in [0, 0.1) is 0 Å². The number of aryl methyl sites for hydroxylation is 2. The van der Waals surface area contributed by atoms with Crippen molar-refractivity contribution >= 4 is 10.8 Å². The van der Waals surface area contributed by atoms with Crippen molar-refractivity contribution in [1.82, 2.24) is 5.32 Å². The lowest BCUT2D eigenvalue weighted by Crippen LogP contribution is -2.24. The third-order valence-electron chi connectivity index (χ3n) is 4.21. The summed E-state index contributed by atoms with van der Waals surface area (Å²) in [6, 6.07) is 11.1. The summed E-state index contributed by atoms with van der Waals surface area (Å²) in [5.41, 5.74) is 4.46. The van der Waals surface area contributed by atoms with Crippen LogP contribution in [0.15, 0.2) is 30.3 Å². The lowest BCUT2D eigenvalue weighted by Gasteiger charge is -2.21. The quantitative estimate of drug-likeness (QED) is 0.893. The van der Waals surface area contributed by atoms with Gasteiger partial charge in [-0.15, -0.1) is 0 Å². The van der Waals surface area contributed by atoms with Crippen LogP contribution in [0.3, 0.4) is 0 Å². The van der Waals surface area contributed by atoms with Crippen molar-refractivity contribution in [2.45, 2.75) is 45.3 Å².